The van der Waals surface area contributed by atoms with Crippen molar-refractivity contribution in [3.05, 3.63) is 33.9 Å². The Hall–Kier alpha value is -3.05. The molecule has 3 aliphatic rings. The summed E-state index contributed by atoms with van der Waals surface area (Å²) in [5.74, 6) is 1.14. The lowest BCUT2D eigenvalue weighted by atomic mass is 9.75. The van der Waals surface area contributed by atoms with Crippen molar-refractivity contribution < 1.29 is 28.5 Å². The highest BCUT2D eigenvalue weighted by atomic mass is 35.5. The van der Waals surface area contributed by atoms with Crippen LogP contribution in [0.3, 0.4) is 0 Å². The van der Waals surface area contributed by atoms with Crippen molar-refractivity contribution in [1.29, 1.82) is 5.26 Å². The minimum absolute atomic E-state index is 0.00881. The number of carbonyl (C=O) groups excluding carboxylic acids is 1. The predicted octanol–water partition coefficient (Wildman–Crippen LogP) is 3.42. The molecule has 1 aromatic carbocycles. The third-order valence-electron chi connectivity index (χ3n) is 5.66. The number of allylic oxidation sites excluding steroid dienone is 3. The van der Waals surface area contributed by atoms with Gasteiger partial charge in [0.2, 0.25) is 24.2 Å². The summed E-state index contributed by atoms with van der Waals surface area (Å²) in [5, 5.41) is 9.69. The van der Waals surface area contributed by atoms with Crippen molar-refractivity contribution in [1.82, 2.24) is 0 Å². The third-order valence-corrected chi connectivity index (χ3v) is 5.81. The summed E-state index contributed by atoms with van der Waals surface area (Å²) in [6, 6.07) is 2.13. The lowest BCUT2D eigenvalue weighted by molar-refractivity contribution is -0.116. The summed E-state index contributed by atoms with van der Waals surface area (Å²) in [5.41, 5.74) is 7.91. The number of rotatable bonds is 5. The number of alkyl halides is 1. The van der Waals surface area contributed by atoms with Crippen LogP contribution in [-0.4, -0.2) is 32.2 Å². The smallest absolute Gasteiger partial charge is 0.231 e. The molecule has 0 spiro atoms. The average Bonchev–Trinajstić information content (AvgIpc) is 3.21. The highest BCUT2D eigenvalue weighted by Gasteiger charge is 2.43. The fourth-order valence-electron chi connectivity index (χ4n) is 4.49. The van der Waals surface area contributed by atoms with Gasteiger partial charge in [-0.05, 0) is 19.8 Å². The van der Waals surface area contributed by atoms with Gasteiger partial charge in [0.25, 0.3) is 0 Å². The number of methoxy groups -OCH3 is 2. The van der Waals surface area contributed by atoms with Crippen LogP contribution in [0, 0.1) is 11.3 Å². The molecule has 0 saturated heterocycles. The van der Waals surface area contributed by atoms with Crippen molar-refractivity contribution in [3.63, 3.8) is 0 Å². The summed E-state index contributed by atoms with van der Waals surface area (Å²) < 4.78 is 28.5. The van der Waals surface area contributed by atoms with Crippen LogP contribution in [-0.2, 0) is 16.0 Å². The van der Waals surface area contributed by atoms with Gasteiger partial charge in [0, 0.05) is 34.9 Å². The third kappa shape index (κ3) is 3.33. The number of halogens is 1. The number of ether oxygens (including phenoxy) is 5. The minimum Gasteiger partial charge on any atom is -0.492 e. The largest absolute Gasteiger partial charge is 0.492 e. The van der Waals surface area contributed by atoms with Crippen LogP contribution in [0.1, 0.15) is 43.2 Å². The Kier molecular flexibility index (Phi) is 5.63. The maximum absolute atomic E-state index is 13.0. The van der Waals surface area contributed by atoms with Crippen LogP contribution < -0.4 is 24.7 Å². The molecule has 2 atom stereocenters. The number of carbonyl (C=O) groups is 1. The second-order valence-corrected chi connectivity index (χ2v) is 8.29. The van der Waals surface area contributed by atoms with E-state index in [1.54, 1.807) is 0 Å². The van der Waals surface area contributed by atoms with E-state index in [1.165, 1.54) is 14.2 Å². The van der Waals surface area contributed by atoms with Crippen LogP contribution in [0.5, 0.6) is 23.0 Å². The molecule has 0 radical (unpaired) electrons. The Balaban J connectivity index is 2.10. The van der Waals surface area contributed by atoms with E-state index in [1.807, 2.05) is 6.92 Å². The summed E-state index contributed by atoms with van der Waals surface area (Å²) in [4.78, 5) is 13.0. The number of hydrogen-bond acceptors (Lipinski definition) is 8. The maximum Gasteiger partial charge on any atom is 0.231 e. The minimum atomic E-state index is -0.787. The zero-order valence-electron chi connectivity index (χ0n) is 17.5. The molecule has 0 unspecified atom stereocenters. The van der Waals surface area contributed by atoms with E-state index in [0.717, 1.165) is 0 Å². The molecule has 0 bridgehead atoms. The summed E-state index contributed by atoms with van der Waals surface area (Å²) in [6.45, 7) is 1.84. The molecular weight excluding hydrogens is 424 g/mol. The Morgan fingerprint density at radius 2 is 1.90 bits per heavy atom. The summed E-state index contributed by atoms with van der Waals surface area (Å²) >= 11 is 6.39. The van der Waals surface area contributed by atoms with Gasteiger partial charge < -0.3 is 29.4 Å². The first kappa shape index (κ1) is 21.2. The molecule has 9 heteroatoms. The van der Waals surface area contributed by atoms with Crippen molar-refractivity contribution in [3.8, 4) is 29.1 Å². The number of nitrogens with zero attached hydrogens (tertiary/aromatic N) is 1. The van der Waals surface area contributed by atoms with Gasteiger partial charge in [0.05, 0.1) is 20.1 Å². The van der Waals surface area contributed by atoms with Gasteiger partial charge in [0.15, 0.2) is 17.3 Å². The normalized spacial score (nSPS) is 20.7. The van der Waals surface area contributed by atoms with Gasteiger partial charge in [0.1, 0.15) is 17.4 Å². The lowest BCUT2D eigenvalue weighted by Gasteiger charge is -2.33. The van der Waals surface area contributed by atoms with E-state index in [4.69, 9.17) is 41.0 Å². The van der Waals surface area contributed by atoms with Gasteiger partial charge in [-0.15, -0.1) is 11.6 Å². The number of benzene rings is 1. The fourth-order valence-corrected chi connectivity index (χ4v) is 4.64. The van der Waals surface area contributed by atoms with Crippen LogP contribution in [0.15, 0.2) is 22.8 Å². The fraction of sp³-hybridized carbons (Fsp3) is 0.455. The van der Waals surface area contributed by atoms with Gasteiger partial charge in [-0.1, -0.05) is 0 Å². The van der Waals surface area contributed by atoms with E-state index in [2.05, 4.69) is 6.07 Å². The first-order valence-corrected chi connectivity index (χ1v) is 10.4. The second-order valence-electron chi connectivity index (χ2n) is 7.55. The molecule has 2 heterocycles. The molecule has 2 aliphatic heterocycles. The molecule has 0 saturated carbocycles. The average molecular weight is 447 g/mol. The zero-order chi connectivity index (χ0) is 22.3. The SMILES string of the molecule is COc1c(C[C@H](C)Cl)c([C@@H]2C(C#N)=C(N)OC3=C2C(=O)CCC3)c(OC)c2c1OCO2. The molecule has 4 rings (SSSR count). The highest BCUT2D eigenvalue weighted by molar-refractivity contribution is 6.20. The van der Waals surface area contributed by atoms with E-state index < -0.39 is 5.92 Å². The molecule has 0 fully saturated rings. The van der Waals surface area contributed by atoms with Crippen molar-refractivity contribution in [2.45, 2.75) is 43.9 Å². The van der Waals surface area contributed by atoms with Gasteiger partial charge in [-0.3, -0.25) is 4.79 Å². The molecule has 0 amide bonds. The molecule has 0 aromatic heterocycles. The number of nitriles is 1. The Morgan fingerprint density at radius 1 is 1.23 bits per heavy atom. The Morgan fingerprint density at radius 3 is 2.52 bits per heavy atom. The molecule has 164 valence electrons. The first-order valence-electron chi connectivity index (χ1n) is 9.97. The summed E-state index contributed by atoms with van der Waals surface area (Å²) in [6.07, 6.45) is 1.96. The summed E-state index contributed by atoms with van der Waals surface area (Å²) in [7, 11) is 3.02. The monoisotopic (exact) mass is 446 g/mol. The molecule has 1 aromatic rings. The van der Waals surface area contributed by atoms with E-state index in [9.17, 15) is 10.1 Å². The Labute approximate surface area is 185 Å². The molecule has 2 N–H and O–H groups in total. The van der Waals surface area contributed by atoms with E-state index in [0.29, 0.717) is 71.1 Å². The van der Waals surface area contributed by atoms with Crippen molar-refractivity contribution >= 4 is 17.4 Å². The number of fused-ring (bicyclic) bond motifs is 1. The lowest BCUT2D eigenvalue weighted by Crippen LogP contribution is -2.28. The van der Waals surface area contributed by atoms with E-state index >= 15 is 0 Å². The number of ketones is 1. The quantitative estimate of drug-likeness (QED) is 0.684. The predicted molar refractivity (Wildman–Crippen MR) is 111 cm³/mol. The molecule has 1 aliphatic carbocycles. The highest BCUT2D eigenvalue weighted by Crippen LogP contribution is 2.57. The van der Waals surface area contributed by atoms with Crippen LogP contribution in [0.4, 0.5) is 0 Å². The van der Waals surface area contributed by atoms with Crippen LogP contribution in [0.2, 0.25) is 0 Å². The topological polar surface area (TPSA) is 113 Å². The number of nitrogens with two attached hydrogens (primary N) is 1. The number of Topliss-reactive ketones (excluding diaryl/α,β-unsaturated/α-hetero) is 1. The second kappa shape index (κ2) is 8.23. The molecule has 8 nitrogen and oxygen atoms in total. The number of hydrogen-bond donors (Lipinski definition) is 1. The standard InChI is InChI=1S/C22H23ClN2O6/c1-10(23)7-11-16(19(28-3)21-20(18(11)27-2)29-9-30-21)15-12(8-24)22(25)31-14-6-4-5-13(26)17(14)15/h10,15H,4-7,9,25H2,1-3H3/t10-,15-/m0/s1. The first-order chi connectivity index (χ1) is 14.9. The van der Waals surface area contributed by atoms with Crippen LogP contribution in [0.25, 0.3) is 0 Å². The van der Waals surface area contributed by atoms with Gasteiger partial charge in [-0.25, -0.2) is 0 Å². The van der Waals surface area contributed by atoms with Gasteiger partial charge in [-0.2, -0.15) is 5.26 Å². The van der Waals surface area contributed by atoms with Crippen molar-refractivity contribution in [2.75, 3.05) is 21.0 Å². The van der Waals surface area contributed by atoms with E-state index in [-0.39, 0.29) is 29.4 Å². The molecule has 31 heavy (non-hydrogen) atoms. The van der Waals surface area contributed by atoms with Crippen LogP contribution >= 0.6 is 11.6 Å². The Bertz CT molecular complexity index is 1050. The zero-order valence-corrected chi connectivity index (χ0v) is 18.3. The molecular formula is C22H23ClN2O6. The van der Waals surface area contributed by atoms with Gasteiger partial charge >= 0.3 is 0 Å². The maximum atomic E-state index is 13.0. The van der Waals surface area contributed by atoms with Crippen molar-refractivity contribution in [2.24, 2.45) is 5.73 Å².